The van der Waals surface area contributed by atoms with Gasteiger partial charge in [-0.25, -0.2) is 4.39 Å². The highest BCUT2D eigenvalue weighted by molar-refractivity contribution is 6.23. The second-order valence-corrected chi connectivity index (χ2v) is 5.84. The predicted molar refractivity (Wildman–Crippen MR) is 99.0 cm³/mol. The highest BCUT2D eigenvalue weighted by Crippen LogP contribution is 2.20. The first-order chi connectivity index (χ1) is 11.1. The molecule has 1 aliphatic heterocycles. The van der Waals surface area contributed by atoms with E-state index in [9.17, 15) is 4.39 Å². The summed E-state index contributed by atoms with van der Waals surface area (Å²) < 4.78 is 13.4. The van der Waals surface area contributed by atoms with Crippen molar-refractivity contribution in [2.45, 2.75) is 39.2 Å². The van der Waals surface area contributed by atoms with Crippen molar-refractivity contribution in [1.29, 1.82) is 0 Å². The molecule has 1 atom stereocenters. The topological polar surface area (TPSA) is 27.6 Å². The van der Waals surface area contributed by atoms with Gasteiger partial charge in [0.05, 0.1) is 0 Å². The number of nitrogens with one attached hydrogen (secondary N) is 1. The van der Waals surface area contributed by atoms with Gasteiger partial charge in [-0.3, -0.25) is 4.99 Å². The molecule has 1 heterocycles. The van der Waals surface area contributed by atoms with Crippen LogP contribution < -0.4 is 10.2 Å². The van der Waals surface area contributed by atoms with Crippen LogP contribution in [-0.4, -0.2) is 39.4 Å². The van der Waals surface area contributed by atoms with E-state index >= 15 is 0 Å². The summed E-state index contributed by atoms with van der Waals surface area (Å²) in [6, 6.07) is 7.09. The summed E-state index contributed by atoms with van der Waals surface area (Å²) in [6.45, 7) is 6.55. The van der Waals surface area contributed by atoms with Crippen LogP contribution in [0.25, 0.3) is 0 Å². The van der Waals surface area contributed by atoms with Gasteiger partial charge in [-0.1, -0.05) is 13.0 Å². The molecule has 0 aliphatic carbocycles. The zero-order chi connectivity index (χ0) is 16.7. The molecule has 2 rings (SSSR count). The zero-order valence-electron chi connectivity index (χ0n) is 14.1. The highest BCUT2D eigenvalue weighted by atomic mass is 19.1. The van der Waals surface area contributed by atoms with E-state index in [0.717, 1.165) is 55.9 Å². The van der Waals surface area contributed by atoms with Gasteiger partial charge in [0, 0.05) is 32.8 Å². The number of benzene rings is 1. The van der Waals surface area contributed by atoms with E-state index in [4.69, 9.17) is 7.85 Å². The lowest BCUT2D eigenvalue weighted by Gasteiger charge is -2.35. The van der Waals surface area contributed by atoms with E-state index in [1.165, 1.54) is 6.07 Å². The summed E-state index contributed by atoms with van der Waals surface area (Å²) in [5, 5.41) is 3.49. The molecule has 124 valence electrons. The van der Waals surface area contributed by atoms with Crippen LogP contribution in [0.4, 0.5) is 10.1 Å². The first-order valence-electron chi connectivity index (χ1n) is 8.40. The standard InChI is InChI=1S/C18H25BFN3.H2/c1-3-14(19)11-18(21-4-2)22-16-8-6-10-23(13-16)17-9-5-7-15(20)12-17;/h5,7,9,11-12,16H,3-4,6,8,10,13H2,1-2H3,(H,21,22);1H/b14-11+;/t16-;/m1./s1. The van der Waals surface area contributed by atoms with Crippen molar-refractivity contribution in [2.75, 3.05) is 24.5 Å². The summed E-state index contributed by atoms with van der Waals surface area (Å²) >= 11 is 0. The summed E-state index contributed by atoms with van der Waals surface area (Å²) in [7, 11) is 5.93. The summed E-state index contributed by atoms with van der Waals surface area (Å²) in [5.41, 5.74) is 1.76. The molecule has 1 aromatic rings. The van der Waals surface area contributed by atoms with E-state index in [0.29, 0.717) is 6.04 Å². The number of hydrogen-bond acceptors (Lipinski definition) is 2. The van der Waals surface area contributed by atoms with Gasteiger partial charge in [0.1, 0.15) is 19.5 Å². The van der Waals surface area contributed by atoms with Crippen molar-refractivity contribution < 1.29 is 5.82 Å². The number of anilines is 1. The van der Waals surface area contributed by atoms with Gasteiger partial charge < -0.3 is 10.2 Å². The Morgan fingerprint density at radius 1 is 1.52 bits per heavy atom. The van der Waals surface area contributed by atoms with Gasteiger partial charge in [-0.15, -0.1) is 5.47 Å². The molecule has 0 unspecified atom stereocenters. The number of aliphatic imine (C=N–C) groups is 1. The van der Waals surface area contributed by atoms with Gasteiger partial charge in [-0.2, -0.15) is 0 Å². The lowest BCUT2D eigenvalue weighted by molar-refractivity contribution is 0.472. The smallest absolute Gasteiger partial charge is 0.125 e. The van der Waals surface area contributed by atoms with Crippen LogP contribution in [0, 0.1) is 5.82 Å². The number of rotatable bonds is 5. The number of halogens is 1. The molecule has 23 heavy (non-hydrogen) atoms. The monoisotopic (exact) mass is 315 g/mol. The summed E-state index contributed by atoms with van der Waals surface area (Å²) in [6.07, 6.45) is 4.88. The van der Waals surface area contributed by atoms with Crippen molar-refractivity contribution >= 4 is 19.4 Å². The van der Waals surface area contributed by atoms with E-state index in [1.807, 2.05) is 26.0 Å². The van der Waals surface area contributed by atoms with Crippen LogP contribution in [0.3, 0.4) is 0 Å². The Balaban J connectivity index is 0.00000288. The quantitative estimate of drug-likeness (QED) is 0.511. The minimum absolute atomic E-state index is 0. The van der Waals surface area contributed by atoms with E-state index < -0.39 is 0 Å². The van der Waals surface area contributed by atoms with Gasteiger partial charge in [0.15, 0.2) is 0 Å². The molecule has 5 heteroatoms. The maximum Gasteiger partial charge on any atom is 0.125 e. The molecule has 1 aromatic carbocycles. The van der Waals surface area contributed by atoms with Crippen LogP contribution in [0.2, 0.25) is 0 Å². The van der Waals surface area contributed by atoms with Gasteiger partial charge in [0.2, 0.25) is 0 Å². The fraction of sp³-hybridized carbons (Fsp3) is 0.500. The maximum absolute atomic E-state index is 13.4. The first kappa shape index (κ1) is 17.6. The lowest BCUT2D eigenvalue weighted by atomic mass is 9.92. The molecule has 0 aromatic heterocycles. The third-order valence-corrected chi connectivity index (χ3v) is 4.01. The third kappa shape index (κ3) is 5.41. The highest BCUT2D eigenvalue weighted by Gasteiger charge is 2.20. The number of allylic oxidation sites excluding steroid dienone is 1. The Kier molecular flexibility index (Phi) is 6.69. The minimum atomic E-state index is -0.190. The molecular weight excluding hydrogens is 288 g/mol. The van der Waals surface area contributed by atoms with Crippen molar-refractivity contribution in [1.82, 2.24) is 5.32 Å². The normalized spacial score (nSPS) is 19.8. The molecule has 0 bridgehead atoms. The van der Waals surface area contributed by atoms with Crippen LogP contribution in [-0.2, 0) is 0 Å². The van der Waals surface area contributed by atoms with Crippen molar-refractivity contribution in [3.05, 3.63) is 41.6 Å². The molecule has 1 aliphatic rings. The van der Waals surface area contributed by atoms with Crippen LogP contribution >= 0.6 is 0 Å². The average molecular weight is 315 g/mol. The Morgan fingerprint density at radius 3 is 3.04 bits per heavy atom. The first-order valence-corrected chi connectivity index (χ1v) is 8.40. The molecule has 1 fully saturated rings. The van der Waals surface area contributed by atoms with Crippen LogP contribution in [0.1, 0.15) is 34.5 Å². The second kappa shape index (κ2) is 8.75. The van der Waals surface area contributed by atoms with Crippen molar-refractivity contribution in [3.8, 4) is 0 Å². The van der Waals surface area contributed by atoms with Gasteiger partial charge >= 0.3 is 0 Å². The molecule has 1 saturated heterocycles. The molecular formula is C18H27BFN3. The molecule has 0 saturated carbocycles. The number of hydrogen-bond donors (Lipinski definition) is 1. The Morgan fingerprint density at radius 2 is 2.35 bits per heavy atom. The number of nitrogens with zero attached hydrogens (tertiary/aromatic N) is 2. The molecule has 1 N–H and O–H groups in total. The van der Waals surface area contributed by atoms with Gasteiger partial charge in [0.25, 0.3) is 0 Å². The minimum Gasteiger partial charge on any atom is -0.369 e. The van der Waals surface area contributed by atoms with E-state index in [2.05, 4.69) is 15.2 Å². The van der Waals surface area contributed by atoms with Crippen LogP contribution in [0.5, 0.6) is 0 Å². The average Bonchev–Trinajstić information content (AvgIpc) is 2.55. The Hall–Kier alpha value is -1.78. The largest absolute Gasteiger partial charge is 0.369 e. The van der Waals surface area contributed by atoms with Crippen molar-refractivity contribution in [2.24, 2.45) is 4.99 Å². The Bertz CT molecular complexity index is 577. The second-order valence-electron chi connectivity index (χ2n) is 5.84. The molecule has 0 amide bonds. The summed E-state index contributed by atoms with van der Waals surface area (Å²) in [5.74, 6) is 0.655. The number of amidine groups is 1. The van der Waals surface area contributed by atoms with Gasteiger partial charge in [-0.05, 0) is 50.5 Å². The fourth-order valence-electron chi connectivity index (χ4n) is 2.79. The number of piperidine rings is 1. The SMILES string of the molecule is [B]/C(=C/C(=NCC)N[C@@H]1CCCN(c2cccc(F)c2)C1)CC.[HH]. The Labute approximate surface area is 141 Å². The summed E-state index contributed by atoms with van der Waals surface area (Å²) in [4.78, 5) is 6.71. The zero-order valence-corrected chi connectivity index (χ0v) is 14.1. The molecule has 3 nitrogen and oxygen atoms in total. The maximum atomic E-state index is 13.4. The predicted octanol–water partition coefficient (Wildman–Crippen LogP) is 3.51. The van der Waals surface area contributed by atoms with E-state index in [-0.39, 0.29) is 7.24 Å². The fourth-order valence-corrected chi connectivity index (χ4v) is 2.79. The van der Waals surface area contributed by atoms with E-state index in [1.54, 1.807) is 12.1 Å². The molecule has 0 spiro atoms. The van der Waals surface area contributed by atoms with Crippen LogP contribution in [0.15, 0.2) is 40.8 Å². The lowest BCUT2D eigenvalue weighted by Crippen LogP contribution is -2.47. The third-order valence-electron chi connectivity index (χ3n) is 4.01. The van der Waals surface area contributed by atoms with Crippen molar-refractivity contribution in [3.63, 3.8) is 0 Å². The molecule has 2 radical (unpaired) electrons.